The highest BCUT2D eigenvalue weighted by molar-refractivity contribution is 6.30. The monoisotopic (exact) mass is 262 g/mol. The number of ether oxygens (including phenoxy) is 1. The molecule has 1 unspecified atom stereocenters. The van der Waals surface area contributed by atoms with E-state index < -0.39 is 0 Å². The Morgan fingerprint density at radius 1 is 1.28 bits per heavy atom. The minimum absolute atomic E-state index is 0.192. The van der Waals surface area contributed by atoms with Gasteiger partial charge in [0.2, 0.25) is 0 Å². The van der Waals surface area contributed by atoms with E-state index in [1.165, 1.54) is 0 Å². The molecule has 18 heavy (non-hydrogen) atoms. The molecule has 1 aromatic heterocycles. The normalized spacial score (nSPS) is 12.2. The van der Waals surface area contributed by atoms with Gasteiger partial charge in [0.25, 0.3) is 0 Å². The minimum Gasteiger partial charge on any atom is -0.495 e. The van der Waals surface area contributed by atoms with Crippen molar-refractivity contribution in [3.05, 3.63) is 58.9 Å². The molecule has 0 radical (unpaired) electrons. The van der Waals surface area contributed by atoms with Crippen LogP contribution in [0.15, 0.2) is 42.6 Å². The van der Waals surface area contributed by atoms with Crippen molar-refractivity contribution >= 4 is 11.6 Å². The molecule has 1 heterocycles. The Balaban J connectivity index is 2.16. The summed E-state index contributed by atoms with van der Waals surface area (Å²) >= 11 is 5.85. The Morgan fingerprint density at radius 3 is 2.67 bits per heavy atom. The minimum atomic E-state index is -0.192. The molecule has 1 atom stereocenters. The highest BCUT2D eigenvalue weighted by Gasteiger charge is 2.13. The molecule has 1 aromatic carbocycles. The highest BCUT2D eigenvalue weighted by atomic mass is 35.5. The molecular formula is C14H15ClN2O. The van der Waals surface area contributed by atoms with E-state index >= 15 is 0 Å². The summed E-state index contributed by atoms with van der Waals surface area (Å²) in [4.78, 5) is 4.29. The Morgan fingerprint density at radius 2 is 2.00 bits per heavy atom. The van der Waals surface area contributed by atoms with Crippen molar-refractivity contribution in [1.29, 1.82) is 0 Å². The molecular weight excluding hydrogens is 248 g/mol. The van der Waals surface area contributed by atoms with E-state index in [2.05, 4.69) is 4.98 Å². The van der Waals surface area contributed by atoms with E-state index in [0.29, 0.717) is 6.42 Å². The summed E-state index contributed by atoms with van der Waals surface area (Å²) in [6, 6.07) is 11.2. The van der Waals surface area contributed by atoms with E-state index in [4.69, 9.17) is 22.1 Å². The van der Waals surface area contributed by atoms with Crippen LogP contribution in [0.2, 0.25) is 5.02 Å². The van der Waals surface area contributed by atoms with Gasteiger partial charge >= 0.3 is 0 Å². The topological polar surface area (TPSA) is 48.1 Å². The van der Waals surface area contributed by atoms with Crippen molar-refractivity contribution in [2.75, 3.05) is 7.11 Å². The number of hydrogen-bond acceptors (Lipinski definition) is 3. The first kappa shape index (κ1) is 12.9. The molecule has 0 saturated carbocycles. The van der Waals surface area contributed by atoms with Gasteiger partial charge in [-0.2, -0.15) is 0 Å². The summed E-state index contributed by atoms with van der Waals surface area (Å²) in [5.74, 6) is 0.721. The van der Waals surface area contributed by atoms with Crippen LogP contribution in [0.3, 0.4) is 0 Å². The second-order valence-electron chi connectivity index (χ2n) is 4.03. The third-order valence-corrected chi connectivity index (χ3v) is 2.99. The molecule has 4 heteroatoms. The van der Waals surface area contributed by atoms with Crippen LogP contribution in [-0.4, -0.2) is 12.1 Å². The van der Waals surface area contributed by atoms with Crippen molar-refractivity contribution < 1.29 is 4.74 Å². The van der Waals surface area contributed by atoms with Crippen molar-refractivity contribution in [3.63, 3.8) is 0 Å². The second kappa shape index (κ2) is 5.85. The van der Waals surface area contributed by atoms with Crippen LogP contribution in [0.1, 0.15) is 17.3 Å². The molecule has 0 bridgehead atoms. The Hall–Kier alpha value is -1.58. The van der Waals surface area contributed by atoms with Crippen LogP contribution in [0.5, 0.6) is 5.75 Å². The summed E-state index contributed by atoms with van der Waals surface area (Å²) in [5.41, 5.74) is 8.06. The number of hydrogen-bond donors (Lipinski definition) is 1. The Labute approximate surface area is 112 Å². The maximum Gasteiger partial charge on any atom is 0.141 e. The summed E-state index contributed by atoms with van der Waals surface area (Å²) in [6.07, 6.45) is 2.42. The zero-order valence-corrected chi connectivity index (χ0v) is 10.9. The molecule has 0 spiro atoms. The van der Waals surface area contributed by atoms with E-state index in [1.54, 1.807) is 13.3 Å². The molecule has 0 aliphatic carbocycles. The third-order valence-electron chi connectivity index (χ3n) is 2.74. The van der Waals surface area contributed by atoms with Crippen molar-refractivity contribution in [1.82, 2.24) is 4.98 Å². The van der Waals surface area contributed by atoms with Gasteiger partial charge in [0.05, 0.1) is 18.8 Å². The standard InChI is InChI=1S/C14H15ClN2O/c1-18-13-3-2-8-17-14(13)12(16)9-10-4-6-11(15)7-5-10/h2-8,12H,9,16H2,1H3. The lowest BCUT2D eigenvalue weighted by atomic mass is 10.0. The quantitative estimate of drug-likeness (QED) is 0.922. The van der Waals surface area contributed by atoms with Crippen LogP contribution in [0.4, 0.5) is 0 Å². The number of benzene rings is 1. The lowest BCUT2D eigenvalue weighted by Crippen LogP contribution is -2.16. The maximum absolute atomic E-state index is 6.17. The van der Waals surface area contributed by atoms with Crippen LogP contribution < -0.4 is 10.5 Å². The molecule has 94 valence electrons. The first-order valence-corrected chi connectivity index (χ1v) is 6.07. The van der Waals surface area contributed by atoms with E-state index in [9.17, 15) is 0 Å². The number of nitrogens with two attached hydrogens (primary N) is 1. The van der Waals surface area contributed by atoms with E-state index in [-0.39, 0.29) is 6.04 Å². The fourth-order valence-corrected chi connectivity index (χ4v) is 1.95. The van der Waals surface area contributed by atoms with Crippen molar-refractivity contribution in [3.8, 4) is 5.75 Å². The number of aromatic nitrogens is 1. The number of methoxy groups -OCH3 is 1. The lowest BCUT2D eigenvalue weighted by molar-refractivity contribution is 0.401. The maximum atomic E-state index is 6.17. The Bertz CT molecular complexity index is 513. The van der Waals surface area contributed by atoms with Crippen molar-refractivity contribution in [2.45, 2.75) is 12.5 Å². The van der Waals surface area contributed by atoms with Crippen molar-refractivity contribution in [2.24, 2.45) is 5.73 Å². The smallest absolute Gasteiger partial charge is 0.141 e. The van der Waals surface area contributed by atoms with Gasteiger partial charge in [-0.3, -0.25) is 4.98 Å². The van der Waals surface area contributed by atoms with Gasteiger partial charge in [-0.25, -0.2) is 0 Å². The van der Waals surface area contributed by atoms with Gasteiger partial charge in [0, 0.05) is 11.2 Å². The average molecular weight is 263 g/mol. The number of nitrogens with zero attached hydrogens (tertiary/aromatic N) is 1. The highest BCUT2D eigenvalue weighted by Crippen LogP contribution is 2.23. The van der Waals surface area contributed by atoms with Gasteiger partial charge in [-0.05, 0) is 36.2 Å². The van der Waals surface area contributed by atoms with E-state index in [1.807, 2.05) is 36.4 Å². The first-order chi connectivity index (χ1) is 8.70. The molecule has 0 aliphatic heterocycles. The second-order valence-corrected chi connectivity index (χ2v) is 4.46. The summed E-state index contributed by atoms with van der Waals surface area (Å²) in [7, 11) is 1.62. The van der Waals surface area contributed by atoms with Crippen LogP contribution >= 0.6 is 11.6 Å². The molecule has 0 amide bonds. The fraction of sp³-hybridized carbons (Fsp3) is 0.214. The average Bonchev–Trinajstić information content (AvgIpc) is 2.41. The SMILES string of the molecule is COc1cccnc1C(N)Cc1ccc(Cl)cc1. The molecule has 3 nitrogen and oxygen atoms in total. The van der Waals surface area contributed by atoms with Gasteiger partial charge in [0.15, 0.2) is 0 Å². The molecule has 0 saturated heterocycles. The first-order valence-electron chi connectivity index (χ1n) is 5.69. The van der Waals surface area contributed by atoms with Crippen LogP contribution in [0.25, 0.3) is 0 Å². The Kier molecular flexibility index (Phi) is 4.18. The molecule has 0 aliphatic rings. The summed E-state index contributed by atoms with van der Waals surface area (Å²) < 4.78 is 5.26. The molecule has 2 N–H and O–H groups in total. The summed E-state index contributed by atoms with van der Waals surface area (Å²) in [5, 5.41) is 0.725. The van der Waals surface area contributed by atoms with Gasteiger partial charge in [0.1, 0.15) is 5.75 Å². The summed E-state index contributed by atoms with van der Waals surface area (Å²) in [6.45, 7) is 0. The zero-order chi connectivity index (χ0) is 13.0. The number of pyridine rings is 1. The molecule has 2 aromatic rings. The van der Waals surface area contributed by atoms with Gasteiger partial charge in [-0.15, -0.1) is 0 Å². The van der Waals surface area contributed by atoms with Crippen LogP contribution in [0, 0.1) is 0 Å². The van der Waals surface area contributed by atoms with Gasteiger partial charge < -0.3 is 10.5 Å². The van der Waals surface area contributed by atoms with E-state index in [0.717, 1.165) is 22.0 Å². The lowest BCUT2D eigenvalue weighted by Gasteiger charge is -2.14. The molecule has 0 fully saturated rings. The zero-order valence-electron chi connectivity index (χ0n) is 10.1. The number of rotatable bonds is 4. The predicted molar refractivity (Wildman–Crippen MR) is 72.9 cm³/mol. The largest absolute Gasteiger partial charge is 0.495 e. The predicted octanol–water partition coefficient (Wildman–Crippen LogP) is 2.99. The van der Waals surface area contributed by atoms with Crippen LogP contribution in [-0.2, 0) is 6.42 Å². The number of halogens is 1. The fourth-order valence-electron chi connectivity index (χ4n) is 1.82. The van der Waals surface area contributed by atoms with Gasteiger partial charge in [-0.1, -0.05) is 23.7 Å². The third kappa shape index (κ3) is 3.00. The molecule has 2 rings (SSSR count).